The molecule has 0 aromatic rings. The first kappa shape index (κ1) is 6.16. The van der Waals surface area contributed by atoms with Gasteiger partial charge in [-0.3, -0.25) is 0 Å². The van der Waals surface area contributed by atoms with Crippen molar-refractivity contribution in [3.63, 3.8) is 0 Å². The molecule has 2 rings (SSSR count). The molecule has 0 unspecified atom stereocenters. The van der Waals surface area contributed by atoms with Crippen LogP contribution in [0, 0.1) is 5.92 Å². The van der Waals surface area contributed by atoms with Gasteiger partial charge in [-0.2, -0.15) is 0 Å². The number of ether oxygens (including phenoxy) is 1. The predicted octanol–water partition coefficient (Wildman–Crippen LogP) is 0.0728. The third-order valence-corrected chi connectivity index (χ3v) is 2.42. The Morgan fingerprint density at radius 2 is 2.30 bits per heavy atom. The summed E-state index contributed by atoms with van der Waals surface area (Å²) >= 11 is 0. The van der Waals surface area contributed by atoms with Gasteiger partial charge in [-0.05, 0) is 19.3 Å². The Morgan fingerprint density at radius 3 is 3.00 bits per heavy atom. The molecule has 0 spiro atoms. The molecule has 0 bridgehead atoms. The van der Waals surface area contributed by atoms with Crippen molar-refractivity contribution in [3.8, 4) is 0 Å². The van der Waals surface area contributed by atoms with Gasteiger partial charge in [-0.1, -0.05) is 0 Å². The second-order valence-corrected chi connectivity index (χ2v) is 3.01. The Hall–Kier alpha value is -0.570. The van der Waals surface area contributed by atoms with Crippen molar-refractivity contribution in [1.29, 1.82) is 0 Å². The van der Waals surface area contributed by atoms with Gasteiger partial charge in [0.1, 0.15) is 6.10 Å². The summed E-state index contributed by atoms with van der Waals surface area (Å²) in [5.74, 6) is -0.317. The highest BCUT2D eigenvalue weighted by Crippen LogP contribution is 2.36. The van der Waals surface area contributed by atoms with Gasteiger partial charge in [-0.25, -0.2) is 4.79 Å². The number of aliphatic hydroxyl groups is 1. The molecule has 3 nitrogen and oxygen atoms in total. The average Bonchev–Trinajstić information content (AvgIpc) is 2.41. The zero-order valence-electron chi connectivity index (χ0n) is 5.62. The zero-order chi connectivity index (χ0) is 7.14. The van der Waals surface area contributed by atoms with Gasteiger partial charge >= 0.3 is 5.97 Å². The topological polar surface area (TPSA) is 46.5 Å². The van der Waals surface area contributed by atoms with Crippen LogP contribution in [0.1, 0.15) is 19.3 Å². The van der Waals surface area contributed by atoms with Crippen molar-refractivity contribution < 1.29 is 14.6 Å². The summed E-state index contributed by atoms with van der Waals surface area (Å²) in [6.07, 6.45) is 2.17. The van der Waals surface area contributed by atoms with E-state index in [0.29, 0.717) is 0 Å². The monoisotopic (exact) mass is 142 g/mol. The van der Waals surface area contributed by atoms with Gasteiger partial charge in [0.15, 0.2) is 6.10 Å². The van der Waals surface area contributed by atoms with E-state index in [4.69, 9.17) is 4.74 Å². The Morgan fingerprint density at radius 1 is 1.50 bits per heavy atom. The number of hydrogen-bond donors (Lipinski definition) is 1. The smallest absolute Gasteiger partial charge is 0.335 e. The summed E-state index contributed by atoms with van der Waals surface area (Å²) < 4.78 is 4.91. The molecule has 3 heteroatoms. The minimum absolute atomic E-state index is 0.0301. The van der Waals surface area contributed by atoms with Gasteiger partial charge in [0.25, 0.3) is 0 Å². The lowest BCUT2D eigenvalue weighted by molar-refractivity contribution is -0.147. The summed E-state index contributed by atoms with van der Waals surface area (Å²) in [7, 11) is 0. The molecule has 10 heavy (non-hydrogen) atoms. The number of rotatable bonds is 0. The summed E-state index contributed by atoms with van der Waals surface area (Å²) in [6, 6.07) is 0. The number of fused-ring (bicyclic) bond motifs is 1. The molecule has 3 atom stereocenters. The van der Waals surface area contributed by atoms with Crippen LogP contribution in [0.3, 0.4) is 0 Å². The zero-order valence-corrected chi connectivity index (χ0v) is 5.62. The van der Waals surface area contributed by atoms with E-state index in [1.54, 1.807) is 0 Å². The second kappa shape index (κ2) is 1.95. The summed E-state index contributed by atoms with van der Waals surface area (Å²) in [4.78, 5) is 10.7. The van der Waals surface area contributed by atoms with E-state index in [9.17, 15) is 9.90 Å². The molecule has 1 aliphatic heterocycles. The maximum atomic E-state index is 10.7. The van der Waals surface area contributed by atoms with E-state index in [1.165, 1.54) is 0 Å². The van der Waals surface area contributed by atoms with E-state index in [0.717, 1.165) is 19.3 Å². The fraction of sp³-hybridized carbons (Fsp3) is 0.857. The molecule has 1 N–H and O–H groups in total. The molecule has 0 aromatic heterocycles. The fourth-order valence-electron chi connectivity index (χ4n) is 1.86. The van der Waals surface area contributed by atoms with Crippen molar-refractivity contribution in [1.82, 2.24) is 0 Å². The summed E-state index contributed by atoms with van der Waals surface area (Å²) in [5, 5.41) is 9.19. The minimum atomic E-state index is -0.826. The predicted molar refractivity (Wildman–Crippen MR) is 33.2 cm³/mol. The number of hydrogen-bond acceptors (Lipinski definition) is 3. The first-order valence-electron chi connectivity index (χ1n) is 3.67. The van der Waals surface area contributed by atoms with Crippen LogP contribution in [0.5, 0.6) is 0 Å². The van der Waals surface area contributed by atoms with Crippen LogP contribution in [0.15, 0.2) is 0 Å². The van der Waals surface area contributed by atoms with E-state index in [-0.39, 0.29) is 12.0 Å². The Labute approximate surface area is 59.0 Å². The van der Waals surface area contributed by atoms with E-state index < -0.39 is 12.1 Å². The van der Waals surface area contributed by atoms with Crippen LogP contribution in [0.2, 0.25) is 0 Å². The molecule has 1 aliphatic carbocycles. The first-order valence-corrected chi connectivity index (χ1v) is 3.67. The van der Waals surface area contributed by atoms with Gasteiger partial charge in [0.2, 0.25) is 0 Å². The van der Waals surface area contributed by atoms with Crippen LogP contribution in [0.4, 0.5) is 0 Å². The van der Waals surface area contributed by atoms with Crippen LogP contribution < -0.4 is 0 Å². The summed E-state index contributed by atoms with van der Waals surface area (Å²) in [6.45, 7) is 0. The van der Waals surface area contributed by atoms with Crippen molar-refractivity contribution in [2.75, 3.05) is 0 Å². The van der Waals surface area contributed by atoms with Crippen LogP contribution in [-0.2, 0) is 9.53 Å². The molecule has 1 saturated heterocycles. The van der Waals surface area contributed by atoms with Crippen LogP contribution in [0.25, 0.3) is 0 Å². The molecule has 1 heterocycles. The van der Waals surface area contributed by atoms with Crippen molar-refractivity contribution in [2.24, 2.45) is 5.92 Å². The van der Waals surface area contributed by atoms with Crippen molar-refractivity contribution in [3.05, 3.63) is 0 Å². The molecular formula is C7H10O3. The lowest BCUT2D eigenvalue weighted by Crippen LogP contribution is -2.21. The molecule has 1 saturated carbocycles. The highest BCUT2D eigenvalue weighted by atomic mass is 16.6. The quantitative estimate of drug-likeness (QED) is 0.487. The number of esters is 1. The lowest BCUT2D eigenvalue weighted by atomic mass is 10.0. The number of carbonyl (C=O) groups excluding carboxylic acids is 1. The Kier molecular flexibility index (Phi) is 1.20. The second-order valence-electron chi connectivity index (χ2n) is 3.01. The van der Waals surface area contributed by atoms with Crippen molar-refractivity contribution in [2.45, 2.75) is 31.5 Å². The average molecular weight is 142 g/mol. The third kappa shape index (κ3) is 0.669. The minimum Gasteiger partial charge on any atom is -0.460 e. The molecule has 56 valence electrons. The molecule has 2 fully saturated rings. The first-order chi connectivity index (χ1) is 4.79. The third-order valence-electron chi connectivity index (χ3n) is 2.42. The largest absolute Gasteiger partial charge is 0.460 e. The number of carbonyl (C=O) groups is 1. The van der Waals surface area contributed by atoms with Gasteiger partial charge < -0.3 is 9.84 Å². The highest BCUT2D eigenvalue weighted by Gasteiger charge is 2.45. The molecule has 0 radical (unpaired) electrons. The van der Waals surface area contributed by atoms with E-state index in [1.807, 2.05) is 0 Å². The molecule has 0 amide bonds. The van der Waals surface area contributed by atoms with Crippen LogP contribution >= 0.6 is 0 Å². The lowest BCUT2D eigenvalue weighted by Gasteiger charge is -2.05. The Balaban J connectivity index is 2.16. The Bertz CT molecular complexity index is 166. The van der Waals surface area contributed by atoms with Crippen molar-refractivity contribution >= 4 is 5.97 Å². The molecule has 2 aliphatic rings. The van der Waals surface area contributed by atoms with Gasteiger partial charge in [0, 0.05) is 5.92 Å². The highest BCUT2D eigenvalue weighted by molar-refractivity contribution is 5.77. The normalized spacial score (nSPS) is 45.3. The molecule has 0 aromatic carbocycles. The molecular weight excluding hydrogens is 132 g/mol. The van der Waals surface area contributed by atoms with Crippen LogP contribution in [-0.4, -0.2) is 23.3 Å². The SMILES string of the molecule is O=C1O[C@@H]2CCC[C@@H]2[C@@H]1O. The van der Waals surface area contributed by atoms with Gasteiger partial charge in [0.05, 0.1) is 0 Å². The van der Waals surface area contributed by atoms with E-state index in [2.05, 4.69) is 0 Å². The van der Waals surface area contributed by atoms with E-state index >= 15 is 0 Å². The standard InChI is InChI=1S/C7H10O3/c8-6-4-2-1-3-5(4)10-7(6)9/h4-6,8H,1-3H2/t4-,5+,6-/m0/s1. The summed E-state index contributed by atoms with van der Waals surface area (Å²) in [5.41, 5.74) is 0. The maximum Gasteiger partial charge on any atom is 0.335 e. The number of aliphatic hydroxyl groups excluding tert-OH is 1. The maximum absolute atomic E-state index is 10.7. The fourth-order valence-corrected chi connectivity index (χ4v) is 1.86. The van der Waals surface area contributed by atoms with Gasteiger partial charge in [-0.15, -0.1) is 0 Å².